The minimum atomic E-state index is -4.41. The highest BCUT2D eigenvalue weighted by Gasteiger charge is 2.28. The summed E-state index contributed by atoms with van der Waals surface area (Å²) in [6, 6.07) is 4.76. The molecule has 0 radical (unpaired) electrons. The quantitative estimate of drug-likeness (QED) is 0.860. The molecule has 0 saturated heterocycles. The maximum atomic E-state index is 11.8. The summed E-state index contributed by atoms with van der Waals surface area (Å²) in [6.07, 6.45) is -3.39. The summed E-state index contributed by atoms with van der Waals surface area (Å²) in [5.74, 6) is -0.0234. The van der Waals surface area contributed by atoms with E-state index < -0.39 is 22.6 Å². The second kappa shape index (κ2) is 6.98. The van der Waals surface area contributed by atoms with Crippen molar-refractivity contribution in [3.63, 3.8) is 0 Å². The van der Waals surface area contributed by atoms with Crippen molar-refractivity contribution in [2.45, 2.75) is 11.1 Å². The minimum absolute atomic E-state index is 0.0234. The summed E-state index contributed by atoms with van der Waals surface area (Å²) < 4.78 is 61.9. The van der Waals surface area contributed by atoms with Crippen LogP contribution >= 0.6 is 0 Å². The maximum Gasteiger partial charge on any atom is 0.422 e. The lowest BCUT2D eigenvalue weighted by molar-refractivity contribution is -0.153. The average molecular weight is 300 g/mol. The van der Waals surface area contributed by atoms with Crippen molar-refractivity contribution in [2.24, 2.45) is 0 Å². The van der Waals surface area contributed by atoms with Crippen molar-refractivity contribution in [3.05, 3.63) is 24.3 Å². The van der Waals surface area contributed by atoms with Crippen molar-refractivity contribution < 1.29 is 36.2 Å². The van der Waals surface area contributed by atoms with Gasteiger partial charge in [-0.25, -0.2) is 8.42 Å². The number of rotatable bonds is 3. The monoisotopic (exact) mass is 300 g/mol. The van der Waals surface area contributed by atoms with Gasteiger partial charge in [-0.05, 0) is 24.3 Å². The van der Waals surface area contributed by atoms with Gasteiger partial charge in [0.25, 0.3) is 6.47 Å². The van der Waals surface area contributed by atoms with Crippen LogP contribution < -0.4 is 4.74 Å². The molecule has 0 saturated carbocycles. The van der Waals surface area contributed by atoms with Crippen molar-refractivity contribution in [1.29, 1.82) is 0 Å². The molecule has 0 amide bonds. The molecule has 0 fully saturated rings. The van der Waals surface area contributed by atoms with Gasteiger partial charge in [-0.1, -0.05) is 0 Å². The number of ether oxygens (including phenoxy) is 1. The molecule has 108 valence electrons. The van der Waals surface area contributed by atoms with Gasteiger partial charge < -0.3 is 9.84 Å². The molecule has 19 heavy (non-hydrogen) atoms. The Morgan fingerprint density at radius 1 is 1.26 bits per heavy atom. The van der Waals surface area contributed by atoms with Crippen LogP contribution in [-0.4, -0.2) is 39.0 Å². The first-order valence-electron chi connectivity index (χ1n) is 4.67. The average Bonchev–Trinajstić information content (AvgIpc) is 2.26. The third-order valence-corrected chi connectivity index (χ3v) is 2.78. The normalized spacial score (nSPS) is 11.2. The highest BCUT2D eigenvalue weighted by atomic mass is 32.2. The number of carbonyl (C=O) groups is 1. The van der Waals surface area contributed by atoms with E-state index in [1.807, 2.05) is 0 Å². The lowest BCUT2D eigenvalue weighted by Crippen LogP contribution is -2.19. The molecule has 9 heteroatoms. The summed E-state index contributed by atoms with van der Waals surface area (Å²) in [4.78, 5) is 8.40. The topological polar surface area (TPSA) is 80.7 Å². The lowest BCUT2D eigenvalue weighted by atomic mass is 10.3. The molecular formula is C10H11F3O5S. The van der Waals surface area contributed by atoms with Crippen LogP contribution in [0.1, 0.15) is 0 Å². The highest BCUT2D eigenvalue weighted by molar-refractivity contribution is 7.90. The van der Waals surface area contributed by atoms with Crippen molar-refractivity contribution in [2.75, 3.05) is 12.9 Å². The second-order valence-electron chi connectivity index (χ2n) is 3.25. The summed E-state index contributed by atoms with van der Waals surface area (Å²) in [5.41, 5.74) is 0. The fourth-order valence-electron chi connectivity index (χ4n) is 0.948. The van der Waals surface area contributed by atoms with Gasteiger partial charge in [0.1, 0.15) is 5.75 Å². The Hall–Kier alpha value is -1.77. The Labute approximate surface area is 107 Å². The van der Waals surface area contributed by atoms with Gasteiger partial charge in [0, 0.05) is 6.26 Å². The van der Waals surface area contributed by atoms with E-state index in [0.29, 0.717) is 0 Å². The molecule has 0 aliphatic carbocycles. The van der Waals surface area contributed by atoms with Gasteiger partial charge in [0.2, 0.25) is 0 Å². The van der Waals surface area contributed by atoms with E-state index in [4.69, 9.17) is 9.90 Å². The summed E-state index contributed by atoms with van der Waals surface area (Å²) in [7, 11) is -3.34. The fourth-order valence-corrected chi connectivity index (χ4v) is 1.58. The van der Waals surface area contributed by atoms with E-state index in [1.54, 1.807) is 0 Å². The SMILES string of the molecule is CS(=O)(=O)c1ccc(OCC(F)(F)F)cc1.O=CO. The van der Waals surface area contributed by atoms with Crippen molar-refractivity contribution in [3.8, 4) is 5.75 Å². The summed E-state index contributed by atoms with van der Waals surface area (Å²) >= 11 is 0. The molecule has 0 atom stereocenters. The first-order chi connectivity index (χ1) is 8.60. The summed E-state index contributed by atoms with van der Waals surface area (Å²) in [5, 5.41) is 6.89. The van der Waals surface area contributed by atoms with E-state index >= 15 is 0 Å². The number of benzene rings is 1. The number of sulfone groups is 1. The molecule has 1 N–H and O–H groups in total. The third kappa shape index (κ3) is 8.03. The van der Waals surface area contributed by atoms with Crippen LogP contribution in [0.3, 0.4) is 0 Å². The number of hydrogen-bond acceptors (Lipinski definition) is 4. The zero-order valence-electron chi connectivity index (χ0n) is 9.72. The maximum absolute atomic E-state index is 11.8. The molecule has 1 aromatic rings. The minimum Gasteiger partial charge on any atom is -0.484 e. The first kappa shape index (κ1) is 17.2. The zero-order valence-corrected chi connectivity index (χ0v) is 10.5. The van der Waals surface area contributed by atoms with Gasteiger partial charge in [-0.3, -0.25) is 4.79 Å². The third-order valence-electron chi connectivity index (χ3n) is 1.65. The molecule has 0 aliphatic heterocycles. The van der Waals surface area contributed by atoms with Gasteiger partial charge >= 0.3 is 6.18 Å². The van der Waals surface area contributed by atoms with Gasteiger partial charge in [0.05, 0.1) is 4.90 Å². The molecule has 1 rings (SSSR count). The molecule has 0 spiro atoms. The van der Waals surface area contributed by atoms with Crippen LogP contribution in [0.15, 0.2) is 29.2 Å². The molecular weight excluding hydrogens is 289 g/mol. The Morgan fingerprint density at radius 3 is 2.00 bits per heavy atom. The fraction of sp³-hybridized carbons (Fsp3) is 0.300. The molecule has 0 unspecified atom stereocenters. The van der Waals surface area contributed by atoms with Crippen LogP contribution in [0.5, 0.6) is 5.75 Å². The molecule has 0 aliphatic rings. The zero-order chi connectivity index (χ0) is 15.1. The Bertz CT molecular complexity index is 493. The van der Waals surface area contributed by atoms with Crippen LogP contribution in [-0.2, 0) is 14.6 Å². The molecule has 0 bridgehead atoms. The smallest absolute Gasteiger partial charge is 0.422 e. The first-order valence-corrected chi connectivity index (χ1v) is 6.57. The number of alkyl halides is 3. The molecule has 0 aromatic heterocycles. The van der Waals surface area contributed by atoms with E-state index in [0.717, 1.165) is 6.26 Å². The van der Waals surface area contributed by atoms with Crippen LogP contribution in [0, 0.1) is 0 Å². The summed E-state index contributed by atoms with van der Waals surface area (Å²) in [6.45, 7) is -1.65. The standard InChI is InChI=1S/C9H9F3O3S.CH2O2/c1-16(13,14)8-4-2-7(3-5-8)15-6-9(10,11)12;2-1-3/h2-5H,6H2,1H3;1H,(H,2,3). The Balaban J connectivity index is 0.000000982. The largest absolute Gasteiger partial charge is 0.484 e. The lowest BCUT2D eigenvalue weighted by Gasteiger charge is -2.09. The molecule has 0 heterocycles. The van der Waals surface area contributed by atoms with Crippen LogP contribution in [0.2, 0.25) is 0 Å². The van der Waals surface area contributed by atoms with Crippen LogP contribution in [0.4, 0.5) is 13.2 Å². The van der Waals surface area contributed by atoms with Crippen molar-refractivity contribution >= 4 is 16.3 Å². The van der Waals surface area contributed by atoms with E-state index in [-0.39, 0.29) is 17.1 Å². The predicted molar refractivity (Wildman–Crippen MR) is 59.8 cm³/mol. The molecule has 5 nitrogen and oxygen atoms in total. The van der Waals surface area contributed by atoms with Gasteiger partial charge in [-0.15, -0.1) is 0 Å². The molecule has 1 aromatic carbocycles. The van der Waals surface area contributed by atoms with Gasteiger partial charge in [-0.2, -0.15) is 13.2 Å². The van der Waals surface area contributed by atoms with E-state index in [2.05, 4.69) is 4.74 Å². The number of hydrogen-bond donors (Lipinski definition) is 1. The second-order valence-corrected chi connectivity index (χ2v) is 5.27. The van der Waals surface area contributed by atoms with E-state index in [1.165, 1.54) is 24.3 Å². The van der Waals surface area contributed by atoms with Crippen LogP contribution in [0.25, 0.3) is 0 Å². The Morgan fingerprint density at radius 2 is 1.68 bits per heavy atom. The van der Waals surface area contributed by atoms with Crippen molar-refractivity contribution in [1.82, 2.24) is 0 Å². The number of halogens is 3. The highest BCUT2D eigenvalue weighted by Crippen LogP contribution is 2.20. The van der Waals surface area contributed by atoms with Gasteiger partial charge in [0.15, 0.2) is 16.4 Å². The Kier molecular flexibility index (Phi) is 6.33. The van der Waals surface area contributed by atoms with E-state index in [9.17, 15) is 21.6 Å². The predicted octanol–water partition coefficient (Wildman–Crippen LogP) is 1.73. The number of carboxylic acid groups (broad SMARTS) is 1.